The van der Waals surface area contributed by atoms with Gasteiger partial charge in [-0.1, -0.05) is 0 Å². The molecule has 0 radical (unpaired) electrons. The van der Waals surface area contributed by atoms with E-state index in [-0.39, 0.29) is 47.7 Å². The molecule has 0 saturated heterocycles. The number of rotatable bonds is 0. The second-order valence-electron chi connectivity index (χ2n) is 6.99. The Morgan fingerprint density at radius 2 is 1.76 bits per heavy atom. The van der Waals surface area contributed by atoms with Crippen LogP contribution in [-0.2, 0) is 6.42 Å². The number of halogens is 1. The molecule has 0 aliphatic heterocycles. The first-order valence-corrected chi connectivity index (χ1v) is 7.93. The molecule has 114 valence electrons. The van der Waals surface area contributed by atoms with Crippen LogP contribution in [0.5, 0.6) is 11.5 Å². The van der Waals surface area contributed by atoms with Crippen molar-refractivity contribution in [3.63, 3.8) is 0 Å². The van der Waals surface area contributed by atoms with Gasteiger partial charge in [0.05, 0.1) is 6.10 Å². The monoisotopic (exact) mass is 292 g/mol. The van der Waals surface area contributed by atoms with Crippen LogP contribution in [0, 0.1) is 17.8 Å². The molecule has 1 aromatic rings. The summed E-state index contributed by atoms with van der Waals surface area (Å²) in [5, 5.41) is 29.9. The van der Waals surface area contributed by atoms with Crippen molar-refractivity contribution in [3.05, 3.63) is 23.3 Å². The number of hydrogen-bond acceptors (Lipinski definition) is 3. The lowest BCUT2D eigenvalue weighted by Gasteiger charge is -2.46. The summed E-state index contributed by atoms with van der Waals surface area (Å²) in [7, 11) is 0. The summed E-state index contributed by atoms with van der Waals surface area (Å²) in [4.78, 5) is 0. The number of benzene rings is 1. The zero-order valence-corrected chi connectivity index (χ0v) is 11.9. The van der Waals surface area contributed by atoms with E-state index in [0.717, 1.165) is 36.8 Å². The molecule has 0 aromatic heterocycles. The fraction of sp³-hybridized carbons (Fsp3) is 0.647. The number of alkyl halides is 1. The second-order valence-corrected chi connectivity index (χ2v) is 6.99. The summed E-state index contributed by atoms with van der Waals surface area (Å²) in [5.41, 5.74) is 1.59. The first-order chi connectivity index (χ1) is 10.1. The van der Waals surface area contributed by atoms with Gasteiger partial charge in [0.1, 0.15) is 17.7 Å². The molecular weight excluding hydrogens is 271 g/mol. The number of aliphatic hydroxyl groups excluding tert-OH is 1. The Bertz CT molecular complexity index is 573. The van der Waals surface area contributed by atoms with Crippen LogP contribution >= 0.6 is 0 Å². The van der Waals surface area contributed by atoms with Crippen molar-refractivity contribution in [1.82, 2.24) is 0 Å². The Labute approximate surface area is 123 Å². The highest BCUT2D eigenvalue weighted by Crippen LogP contribution is 2.57. The normalized spacial score (nSPS) is 41.2. The number of aromatic hydroxyl groups is 2. The molecule has 2 saturated carbocycles. The van der Waals surface area contributed by atoms with Gasteiger partial charge in [0, 0.05) is 24.0 Å². The van der Waals surface area contributed by atoms with E-state index in [1.165, 1.54) is 6.07 Å². The van der Waals surface area contributed by atoms with Crippen LogP contribution in [0.3, 0.4) is 0 Å². The zero-order valence-electron chi connectivity index (χ0n) is 11.9. The summed E-state index contributed by atoms with van der Waals surface area (Å²) in [6.45, 7) is 0. The Kier molecular flexibility index (Phi) is 2.93. The van der Waals surface area contributed by atoms with E-state index >= 15 is 0 Å². The number of phenolic OH excluding ortho intramolecular Hbond substituents is 2. The molecule has 3 aliphatic carbocycles. The number of hydrogen-bond donors (Lipinski definition) is 3. The molecule has 0 amide bonds. The summed E-state index contributed by atoms with van der Waals surface area (Å²) >= 11 is 0. The predicted molar refractivity (Wildman–Crippen MR) is 76.1 cm³/mol. The molecule has 6 atom stereocenters. The van der Waals surface area contributed by atoms with Crippen LogP contribution in [0.25, 0.3) is 0 Å². The molecule has 4 rings (SSSR count). The highest BCUT2D eigenvalue weighted by atomic mass is 19.1. The molecule has 1 unspecified atom stereocenters. The maximum Gasteiger partial charge on any atom is 0.123 e. The molecule has 3 aliphatic rings. The van der Waals surface area contributed by atoms with Gasteiger partial charge < -0.3 is 15.3 Å². The summed E-state index contributed by atoms with van der Waals surface area (Å²) in [5.74, 6) is 0.492. The Balaban J connectivity index is 1.77. The SMILES string of the molecule is Oc1cc(O)c2c(c1)C[C@H](F)[C@H]1[C@@H]3CCC(O)[C@H]3CC[C@H]21. The molecule has 3 N–H and O–H groups in total. The van der Waals surface area contributed by atoms with E-state index in [9.17, 15) is 19.7 Å². The minimum atomic E-state index is -0.943. The summed E-state index contributed by atoms with van der Waals surface area (Å²) in [6, 6.07) is 2.96. The average molecular weight is 292 g/mol. The smallest absolute Gasteiger partial charge is 0.123 e. The minimum Gasteiger partial charge on any atom is -0.508 e. The van der Waals surface area contributed by atoms with Crippen LogP contribution in [0.2, 0.25) is 0 Å². The maximum atomic E-state index is 14.8. The molecule has 21 heavy (non-hydrogen) atoms. The van der Waals surface area contributed by atoms with Gasteiger partial charge in [0.15, 0.2) is 0 Å². The highest BCUT2D eigenvalue weighted by Gasteiger charge is 2.51. The fourth-order valence-corrected chi connectivity index (χ4v) is 5.30. The lowest BCUT2D eigenvalue weighted by Crippen LogP contribution is -2.42. The molecule has 0 bridgehead atoms. The highest BCUT2D eigenvalue weighted by molar-refractivity contribution is 5.50. The number of fused-ring (bicyclic) bond motifs is 5. The van der Waals surface area contributed by atoms with Gasteiger partial charge in [-0.3, -0.25) is 0 Å². The van der Waals surface area contributed by atoms with Crippen molar-refractivity contribution in [2.45, 2.75) is 50.3 Å². The molecule has 0 heterocycles. The summed E-state index contributed by atoms with van der Waals surface area (Å²) < 4.78 is 14.8. The number of aliphatic hydroxyl groups is 1. The summed E-state index contributed by atoms with van der Waals surface area (Å²) in [6.07, 6.45) is 2.42. The molecule has 0 spiro atoms. The van der Waals surface area contributed by atoms with Crippen molar-refractivity contribution >= 4 is 0 Å². The third kappa shape index (κ3) is 1.88. The van der Waals surface area contributed by atoms with E-state index in [0.29, 0.717) is 0 Å². The van der Waals surface area contributed by atoms with Crippen LogP contribution in [-0.4, -0.2) is 27.6 Å². The van der Waals surface area contributed by atoms with Crippen molar-refractivity contribution < 1.29 is 19.7 Å². The topological polar surface area (TPSA) is 60.7 Å². The Morgan fingerprint density at radius 1 is 1.00 bits per heavy atom. The van der Waals surface area contributed by atoms with Crippen LogP contribution in [0.1, 0.15) is 42.7 Å². The van der Waals surface area contributed by atoms with Crippen molar-refractivity contribution in [2.75, 3.05) is 0 Å². The first kappa shape index (κ1) is 13.4. The molecule has 4 heteroatoms. The largest absolute Gasteiger partial charge is 0.508 e. The zero-order chi connectivity index (χ0) is 14.7. The van der Waals surface area contributed by atoms with Gasteiger partial charge >= 0.3 is 0 Å². The van der Waals surface area contributed by atoms with Gasteiger partial charge in [-0.15, -0.1) is 0 Å². The van der Waals surface area contributed by atoms with Crippen LogP contribution < -0.4 is 0 Å². The second kappa shape index (κ2) is 4.60. The molecule has 1 aromatic carbocycles. The minimum absolute atomic E-state index is 0.00174. The van der Waals surface area contributed by atoms with E-state index in [4.69, 9.17) is 0 Å². The van der Waals surface area contributed by atoms with Crippen LogP contribution in [0.15, 0.2) is 12.1 Å². The maximum absolute atomic E-state index is 14.8. The molecular formula is C17H21FO3. The third-order valence-electron chi connectivity index (χ3n) is 6.04. The van der Waals surface area contributed by atoms with Crippen molar-refractivity contribution in [2.24, 2.45) is 17.8 Å². The lowest BCUT2D eigenvalue weighted by atomic mass is 9.60. The van der Waals surface area contributed by atoms with Crippen molar-refractivity contribution in [1.29, 1.82) is 0 Å². The predicted octanol–water partition coefficient (Wildman–Crippen LogP) is 2.87. The van der Waals surface area contributed by atoms with Crippen molar-refractivity contribution in [3.8, 4) is 11.5 Å². The molecule has 3 nitrogen and oxygen atoms in total. The quantitative estimate of drug-likeness (QED) is 0.689. The molecule has 2 fully saturated rings. The van der Waals surface area contributed by atoms with Gasteiger partial charge in [0.2, 0.25) is 0 Å². The van der Waals surface area contributed by atoms with Gasteiger partial charge in [0.25, 0.3) is 0 Å². The number of phenols is 2. The van der Waals surface area contributed by atoms with E-state index < -0.39 is 6.17 Å². The standard InChI is InChI=1S/C17H21FO3/c18-13-6-8-5-9(19)7-15(21)16(8)12-2-1-10-11(17(12)13)3-4-14(10)20/h5,7,10-14,17,19-21H,1-4,6H2/t10-,11+,12+,13-,14?,17-/m0/s1. The van der Waals surface area contributed by atoms with E-state index in [2.05, 4.69) is 0 Å². The third-order valence-corrected chi connectivity index (χ3v) is 6.04. The van der Waals surface area contributed by atoms with Crippen LogP contribution in [0.4, 0.5) is 4.39 Å². The first-order valence-electron chi connectivity index (χ1n) is 7.93. The lowest BCUT2D eigenvalue weighted by molar-refractivity contribution is 0.0216. The van der Waals surface area contributed by atoms with E-state index in [1.807, 2.05) is 0 Å². The fourth-order valence-electron chi connectivity index (χ4n) is 5.30. The van der Waals surface area contributed by atoms with Gasteiger partial charge in [-0.25, -0.2) is 4.39 Å². The van der Waals surface area contributed by atoms with Gasteiger partial charge in [-0.2, -0.15) is 0 Å². The Morgan fingerprint density at radius 3 is 2.57 bits per heavy atom. The average Bonchev–Trinajstić information content (AvgIpc) is 2.79. The Hall–Kier alpha value is -1.29. The van der Waals surface area contributed by atoms with Gasteiger partial charge in [-0.05, 0) is 55.1 Å². The van der Waals surface area contributed by atoms with E-state index in [1.54, 1.807) is 6.07 Å².